The molecule has 1 aromatic rings. The maximum absolute atomic E-state index is 3.65. The molecule has 0 amide bonds. The Morgan fingerprint density at radius 2 is 1.74 bits per heavy atom. The summed E-state index contributed by atoms with van der Waals surface area (Å²) in [5.41, 5.74) is 6.51. The number of hydrogen-bond acceptors (Lipinski definition) is 1. The lowest BCUT2D eigenvalue weighted by atomic mass is 9.64. The SMILES string of the molecule is CCCNCC1(Cc2c(C)cc(C)cc2C)CCC1. The van der Waals surface area contributed by atoms with Crippen molar-refractivity contribution in [2.45, 2.75) is 59.8 Å². The van der Waals surface area contributed by atoms with Crippen LogP contribution in [0.15, 0.2) is 12.1 Å². The summed E-state index contributed by atoms with van der Waals surface area (Å²) in [6.07, 6.45) is 6.71. The third kappa shape index (κ3) is 3.39. The predicted molar refractivity (Wildman–Crippen MR) is 83.8 cm³/mol. The Bertz CT molecular complexity index is 406. The van der Waals surface area contributed by atoms with Crippen LogP contribution in [0.25, 0.3) is 0 Å². The zero-order valence-electron chi connectivity index (χ0n) is 13.1. The molecule has 0 atom stereocenters. The van der Waals surface area contributed by atoms with E-state index in [0.717, 1.165) is 6.54 Å². The van der Waals surface area contributed by atoms with Gasteiger partial charge in [-0.05, 0) is 75.1 Å². The van der Waals surface area contributed by atoms with Crippen molar-refractivity contribution in [1.29, 1.82) is 0 Å². The minimum Gasteiger partial charge on any atom is -0.316 e. The first-order valence-corrected chi connectivity index (χ1v) is 7.84. The minimum atomic E-state index is 0.542. The maximum Gasteiger partial charge on any atom is 0.00110 e. The molecule has 0 saturated heterocycles. The molecular formula is C18H29N. The second kappa shape index (κ2) is 6.09. The molecule has 2 rings (SSSR count). The van der Waals surface area contributed by atoms with E-state index >= 15 is 0 Å². The van der Waals surface area contributed by atoms with Gasteiger partial charge in [0, 0.05) is 6.54 Å². The second-order valence-corrected chi connectivity index (χ2v) is 6.58. The fourth-order valence-electron chi connectivity index (χ4n) is 3.49. The summed E-state index contributed by atoms with van der Waals surface area (Å²) in [5.74, 6) is 0. The molecule has 0 spiro atoms. The molecule has 0 aliphatic heterocycles. The highest BCUT2D eigenvalue weighted by Gasteiger charge is 2.37. The largest absolute Gasteiger partial charge is 0.316 e. The van der Waals surface area contributed by atoms with Crippen molar-refractivity contribution in [1.82, 2.24) is 5.32 Å². The summed E-state index contributed by atoms with van der Waals surface area (Å²) in [6.45, 7) is 11.4. The normalized spacial score (nSPS) is 17.3. The highest BCUT2D eigenvalue weighted by molar-refractivity contribution is 5.38. The first-order chi connectivity index (χ1) is 9.06. The second-order valence-electron chi connectivity index (χ2n) is 6.58. The van der Waals surface area contributed by atoms with E-state index in [9.17, 15) is 0 Å². The van der Waals surface area contributed by atoms with Crippen LogP contribution in [0.2, 0.25) is 0 Å². The fourth-order valence-corrected chi connectivity index (χ4v) is 3.49. The van der Waals surface area contributed by atoms with Gasteiger partial charge < -0.3 is 5.32 Å². The molecule has 1 aromatic carbocycles. The van der Waals surface area contributed by atoms with Crippen molar-refractivity contribution in [2.75, 3.05) is 13.1 Å². The van der Waals surface area contributed by atoms with E-state index in [2.05, 4.69) is 45.1 Å². The molecule has 1 heteroatoms. The Morgan fingerprint density at radius 1 is 1.11 bits per heavy atom. The Kier molecular flexibility index (Phi) is 4.67. The quantitative estimate of drug-likeness (QED) is 0.750. The van der Waals surface area contributed by atoms with Crippen LogP contribution < -0.4 is 5.32 Å². The molecular weight excluding hydrogens is 230 g/mol. The number of hydrogen-bond donors (Lipinski definition) is 1. The van der Waals surface area contributed by atoms with Crippen LogP contribution in [0.4, 0.5) is 0 Å². The van der Waals surface area contributed by atoms with Gasteiger partial charge >= 0.3 is 0 Å². The summed E-state index contributed by atoms with van der Waals surface area (Å²) in [5, 5.41) is 3.65. The molecule has 0 heterocycles. The molecule has 0 unspecified atom stereocenters. The smallest absolute Gasteiger partial charge is 0.00110 e. The number of aryl methyl sites for hydroxylation is 3. The molecule has 106 valence electrons. The Labute approximate surface area is 118 Å². The lowest BCUT2D eigenvalue weighted by Gasteiger charge is -2.43. The first-order valence-electron chi connectivity index (χ1n) is 7.84. The highest BCUT2D eigenvalue weighted by atomic mass is 14.9. The number of benzene rings is 1. The van der Waals surface area contributed by atoms with Gasteiger partial charge in [-0.2, -0.15) is 0 Å². The Balaban J connectivity index is 2.10. The van der Waals surface area contributed by atoms with Gasteiger partial charge in [-0.1, -0.05) is 31.0 Å². The molecule has 1 saturated carbocycles. The van der Waals surface area contributed by atoms with Crippen LogP contribution in [-0.2, 0) is 6.42 Å². The minimum absolute atomic E-state index is 0.542. The lowest BCUT2D eigenvalue weighted by Crippen LogP contribution is -2.42. The molecule has 0 aromatic heterocycles. The predicted octanol–water partition coefficient (Wildman–Crippen LogP) is 4.32. The monoisotopic (exact) mass is 259 g/mol. The maximum atomic E-state index is 3.65. The van der Waals surface area contributed by atoms with E-state index in [1.165, 1.54) is 55.3 Å². The highest BCUT2D eigenvalue weighted by Crippen LogP contribution is 2.44. The number of nitrogens with one attached hydrogen (secondary N) is 1. The molecule has 1 fully saturated rings. The molecule has 1 aliphatic carbocycles. The van der Waals surface area contributed by atoms with Crippen molar-refractivity contribution in [3.63, 3.8) is 0 Å². The van der Waals surface area contributed by atoms with E-state index in [1.54, 1.807) is 5.56 Å². The zero-order valence-corrected chi connectivity index (χ0v) is 13.1. The molecule has 1 nitrogen and oxygen atoms in total. The van der Waals surface area contributed by atoms with Crippen molar-refractivity contribution >= 4 is 0 Å². The standard InChI is InChI=1S/C18H29N/c1-5-9-19-13-18(7-6-8-18)12-17-15(3)10-14(2)11-16(17)4/h10-11,19H,5-9,12-13H2,1-4H3. The van der Waals surface area contributed by atoms with E-state index in [-0.39, 0.29) is 0 Å². The molecule has 0 bridgehead atoms. The average Bonchev–Trinajstić information content (AvgIpc) is 2.29. The van der Waals surface area contributed by atoms with Gasteiger partial charge in [0.2, 0.25) is 0 Å². The first kappa shape index (κ1) is 14.6. The average molecular weight is 259 g/mol. The number of rotatable bonds is 6. The summed E-state index contributed by atoms with van der Waals surface area (Å²) in [7, 11) is 0. The van der Waals surface area contributed by atoms with Gasteiger partial charge in [-0.3, -0.25) is 0 Å². The van der Waals surface area contributed by atoms with Crippen LogP contribution in [0.5, 0.6) is 0 Å². The Hall–Kier alpha value is -0.820. The van der Waals surface area contributed by atoms with Crippen LogP contribution >= 0.6 is 0 Å². The van der Waals surface area contributed by atoms with Gasteiger partial charge in [0.1, 0.15) is 0 Å². The van der Waals surface area contributed by atoms with Crippen LogP contribution in [0.3, 0.4) is 0 Å². The van der Waals surface area contributed by atoms with Gasteiger partial charge in [0.25, 0.3) is 0 Å². The van der Waals surface area contributed by atoms with Crippen molar-refractivity contribution in [2.24, 2.45) is 5.41 Å². The van der Waals surface area contributed by atoms with Gasteiger partial charge in [0.15, 0.2) is 0 Å². The Morgan fingerprint density at radius 3 is 2.21 bits per heavy atom. The van der Waals surface area contributed by atoms with Crippen molar-refractivity contribution < 1.29 is 0 Å². The lowest BCUT2D eigenvalue weighted by molar-refractivity contribution is 0.130. The van der Waals surface area contributed by atoms with Crippen molar-refractivity contribution in [3.8, 4) is 0 Å². The van der Waals surface area contributed by atoms with E-state index in [4.69, 9.17) is 0 Å². The summed E-state index contributed by atoms with van der Waals surface area (Å²) in [6, 6.07) is 4.68. The third-order valence-electron chi connectivity index (χ3n) is 4.73. The molecule has 19 heavy (non-hydrogen) atoms. The van der Waals surface area contributed by atoms with Gasteiger partial charge in [-0.15, -0.1) is 0 Å². The molecule has 1 aliphatic rings. The van der Waals surface area contributed by atoms with Gasteiger partial charge in [0.05, 0.1) is 0 Å². The third-order valence-corrected chi connectivity index (χ3v) is 4.73. The van der Waals surface area contributed by atoms with Crippen LogP contribution in [0, 0.1) is 26.2 Å². The van der Waals surface area contributed by atoms with E-state index in [1.807, 2.05) is 0 Å². The van der Waals surface area contributed by atoms with E-state index in [0.29, 0.717) is 5.41 Å². The summed E-state index contributed by atoms with van der Waals surface area (Å²) >= 11 is 0. The van der Waals surface area contributed by atoms with Crippen LogP contribution in [-0.4, -0.2) is 13.1 Å². The summed E-state index contributed by atoms with van der Waals surface area (Å²) in [4.78, 5) is 0. The molecule has 0 radical (unpaired) electrons. The zero-order chi connectivity index (χ0) is 13.9. The fraction of sp³-hybridized carbons (Fsp3) is 0.667. The molecule has 1 N–H and O–H groups in total. The van der Waals surface area contributed by atoms with Crippen molar-refractivity contribution in [3.05, 3.63) is 34.4 Å². The van der Waals surface area contributed by atoms with Crippen LogP contribution in [0.1, 0.15) is 54.9 Å². The topological polar surface area (TPSA) is 12.0 Å². The van der Waals surface area contributed by atoms with Gasteiger partial charge in [-0.25, -0.2) is 0 Å². The summed E-state index contributed by atoms with van der Waals surface area (Å²) < 4.78 is 0. The van der Waals surface area contributed by atoms with E-state index < -0.39 is 0 Å².